The van der Waals surface area contributed by atoms with Gasteiger partial charge in [0.15, 0.2) is 5.78 Å². The SMILES string of the molecule is CCc1cc2c(cc1-c1ccc(NC(=O)c3c(F)cccc3F)nc1)OC(C)(C)CC2=O. The summed E-state index contributed by atoms with van der Waals surface area (Å²) in [6.45, 7) is 5.74. The maximum absolute atomic E-state index is 13.8. The number of ketones is 1. The number of nitrogens with one attached hydrogen (secondary N) is 1. The van der Waals surface area contributed by atoms with Gasteiger partial charge in [-0.25, -0.2) is 13.8 Å². The Morgan fingerprint density at radius 2 is 1.84 bits per heavy atom. The Morgan fingerprint density at radius 3 is 2.47 bits per heavy atom. The molecule has 4 rings (SSSR count). The number of carbonyl (C=O) groups excluding carboxylic acids is 2. The fourth-order valence-electron chi connectivity index (χ4n) is 3.82. The Bertz CT molecular complexity index is 1200. The van der Waals surface area contributed by atoms with E-state index in [1.807, 2.05) is 32.9 Å². The average Bonchev–Trinajstić information content (AvgIpc) is 2.72. The molecular weight excluding hydrogens is 414 g/mol. The molecule has 1 N–H and O–H groups in total. The number of halogens is 2. The lowest BCUT2D eigenvalue weighted by atomic mass is 9.89. The molecule has 0 atom stereocenters. The summed E-state index contributed by atoms with van der Waals surface area (Å²) < 4.78 is 33.7. The number of benzene rings is 2. The number of hydrogen-bond donors (Lipinski definition) is 1. The van der Waals surface area contributed by atoms with Crippen LogP contribution in [0.4, 0.5) is 14.6 Å². The minimum Gasteiger partial charge on any atom is -0.487 e. The van der Waals surface area contributed by atoms with E-state index in [-0.39, 0.29) is 11.6 Å². The van der Waals surface area contributed by atoms with Crippen molar-refractivity contribution in [3.63, 3.8) is 0 Å². The number of nitrogens with zero attached hydrogens (tertiary/aromatic N) is 1. The van der Waals surface area contributed by atoms with E-state index in [1.54, 1.807) is 18.3 Å². The Balaban J connectivity index is 1.63. The average molecular weight is 436 g/mol. The number of amides is 1. The molecular formula is C25H22F2N2O3. The van der Waals surface area contributed by atoms with Gasteiger partial charge in [0.1, 0.15) is 34.4 Å². The summed E-state index contributed by atoms with van der Waals surface area (Å²) in [5.41, 5.74) is 1.93. The minimum atomic E-state index is -0.946. The molecule has 1 amide bonds. The number of ether oxygens (including phenoxy) is 1. The molecule has 7 heteroatoms. The topological polar surface area (TPSA) is 68.3 Å². The molecule has 0 spiro atoms. The third-order valence-corrected chi connectivity index (χ3v) is 5.37. The molecule has 0 saturated carbocycles. The fraction of sp³-hybridized carbons (Fsp3) is 0.240. The van der Waals surface area contributed by atoms with Crippen LogP contribution in [0.1, 0.15) is 53.5 Å². The molecule has 1 aliphatic rings. The monoisotopic (exact) mass is 436 g/mol. The zero-order valence-electron chi connectivity index (χ0n) is 18.0. The zero-order chi connectivity index (χ0) is 23.0. The van der Waals surface area contributed by atoms with Crippen molar-refractivity contribution in [1.82, 2.24) is 4.98 Å². The molecule has 5 nitrogen and oxygen atoms in total. The van der Waals surface area contributed by atoms with Gasteiger partial charge in [-0.15, -0.1) is 0 Å². The largest absolute Gasteiger partial charge is 0.487 e. The van der Waals surface area contributed by atoms with Crippen LogP contribution in [0.3, 0.4) is 0 Å². The first kappa shape index (κ1) is 21.6. The van der Waals surface area contributed by atoms with E-state index < -0.39 is 28.7 Å². The van der Waals surface area contributed by atoms with Crippen molar-refractivity contribution in [2.24, 2.45) is 0 Å². The number of fused-ring (bicyclic) bond motifs is 1. The van der Waals surface area contributed by atoms with Crippen LogP contribution in [0.5, 0.6) is 5.75 Å². The molecule has 0 saturated heterocycles. The molecule has 0 unspecified atom stereocenters. The Hall–Kier alpha value is -3.61. The predicted molar refractivity (Wildman–Crippen MR) is 117 cm³/mol. The molecule has 1 aliphatic heterocycles. The van der Waals surface area contributed by atoms with Crippen LogP contribution in [-0.4, -0.2) is 22.3 Å². The number of carbonyl (C=O) groups is 2. The van der Waals surface area contributed by atoms with Gasteiger partial charge in [-0.3, -0.25) is 9.59 Å². The molecule has 0 aliphatic carbocycles. The molecule has 1 aromatic heterocycles. The first-order chi connectivity index (χ1) is 15.2. The van der Waals surface area contributed by atoms with Crippen molar-refractivity contribution in [1.29, 1.82) is 0 Å². The number of hydrogen-bond acceptors (Lipinski definition) is 4. The zero-order valence-corrected chi connectivity index (χ0v) is 18.0. The third-order valence-electron chi connectivity index (χ3n) is 5.37. The van der Waals surface area contributed by atoms with Gasteiger partial charge in [0.2, 0.25) is 0 Å². The number of pyridine rings is 1. The summed E-state index contributed by atoms with van der Waals surface area (Å²) in [7, 11) is 0. The first-order valence-corrected chi connectivity index (χ1v) is 10.3. The van der Waals surface area contributed by atoms with E-state index in [9.17, 15) is 18.4 Å². The molecule has 0 bridgehead atoms. The van der Waals surface area contributed by atoms with Crippen molar-refractivity contribution < 1.29 is 23.1 Å². The van der Waals surface area contributed by atoms with Gasteiger partial charge in [-0.2, -0.15) is 0 Å². The highest BCUT2D eigenvalue weighted by Crippen LogP contribution is 2.38. The summed E-state index contributed by atoms with van der Waals surface area (Å²) in [4.78, 5) is 29.1. The van der Waals surface area contributed by atoms with Gasteiger partial charge >= 0.3 is 0 Å². The molecule has 32 heavy (non-hydrogen) atoms. The summed E-state index contributed by atoms with van der Waals surface area (Å²) in [6, 6.07) is 10.2. The van der Waals surface area contributed by atoms with Crippen LogP contribution >= 0.6 is 0 Å². The summed E-state index contributed by atoms with van der Waals surface area (Å²) in [5.74, 6) is -2.07. The lowest BCUT2D eigenvalue weighted by Gasteiger charge is -2.32. The van der Waals surface area contributed by atoms with E-state index >= 15 is 0 Å². The molecule has 3 aromatic rings. The standard InChI is InChI=1S/C25H22F2N2O3/c1-4-14-10-17-20(30)12-25(2,3)32-21(17)11-16(14)15-8-9-22(28-13-15)29-24(31)23-18(26)6-5-7-19(23)27/h5-11,13H,4,12H2,1-3H3,(H,28,29,31). The minimum absolute atomic E-state index is 0.0501. The highest BCUT2D eigenvalue weighted by molar-refractivity contribution is 6.04. The van der Waals surface area contributed by atoms with Crippen LogP contribution in [0.2, 0.25) is 0 Å². The molecule has 0 radical (unpaired) electrons. The number of Topliss-reactive ketones (excluding diaryl/α,β-unsaturated/α-hetero) is 1. The highest BCUT2D eigenvalue weighted by Gasteiger charge is 2.33. The maximum Gasteiger partial charge on any atom is 0.262 e. The number of aromatic nitrogens is 1. The van der Waals surface area contributed by atoms with Crippen LogP contribution in [-0.2, 0) is 6.42 Å². The van der Waals surface area contributed by atoms with E-state index in [2.05, 4.69) is 10.3 Å². The third kappa shape index (κ3) is 4.10. The summed E-state index contributed by atoms with van der Waals surface area (Å²) in [5, 5.41) is 2.41. The maximum atomic E-state index is 13.8. The second-order valence-electron chi connectivity index (χ2n) is 8.30. The van der Waals surface area contributed by atoms with Crippen molar-refractivity contribution >= 4 is 17.5 Å². The quantitative estimate of drug-likeness (QED) is 0.579. The van der Waals surface area contributed by atoms with E-state index in [0.717, 1.165) is 28.8 Å². The van der Waals surface area contributed by atoms with Gasteiger partial charge in [0.25, 0.3) is 5.91 Å². The van der Waals surface area contributed by atoms with Gasteiger partial charge < -0.3 is 10.1 Å². The molecule has 164 valence electrons. The summed E-state index contributed by atoms with van der Waals surface area (Å²) >= 11 is 0. The lowest BCUT2D eigenvalue weighted by molar-refractivity contribution is 0.0620. The van der Waals surface area contributed by atoms with Gasteiger partial charge in [-0.1, -0.05) is 13.0 Å². The van der Waals surface area contributed by atoms with Crippen LogP contribution in [0, 0.1) is 11.6 Å². The van der Waals surface area contributed by atoms with Gasteiger partial charge in [0, 0.05) is 11.8 Å². The van der Waals surface area contributed by atoms with Crippen LogP contribution < -0.4 is 10.1 Å². The Labute approximate surface area is 184 Å². The first-order valence-electron chi connectivity index (χ1n) is 10.3. The van der Waals surface area contributed by atoms with E-state index in [0.29, 0.717) is 24.2 Å². The van der Waals surface area contributed by atoms with E-state index in [1.165, 1.54) is 6.07 Å². The second-order valence-corrected chi connectivity index (χ2v) is 8.30. The normalized spacial score (nSPS) is 14.5. The number of aryl methyl sites for hydroxylation is 1. The van der Waals surface area contributed by atoms with Crippen LogP contribution in [0.15, 0.2) is 48.7 Å². The Morgan fingerprint density at radius 1 is 1.12 bits per heavy atom. The number of rotatable bonds is 4. The smallest absolute Gasteiger partial charge is 0.262 e. The van der Waals surface area contributed by atoms with Crippen molar-refractivity contribution in [3.8, 4) is 16.9 Å². The predicted octanol–water partition coefficient (Wildman–Crippen LogP) is 5.59. The molecule has 2 aromatic carbocycles. The molecule has 2 heterocycles. The second kappa shape index (κ2) is 8.15. The lowest BCUT2D eigenvalue weighted by Crippen LogP contribution is -2.36. The Kier molecular flexibility index (Phi) is 5.50. The van der Waals surface area contributed by atoms with Gasteiger partial charge in [0.05, 0.1) is 12.0 Å². The van der Waals surface area contributed by atoms with Gasteiger partial charge in [-0.05, 0) is 67.8 Å². The number of anilines is 1. The summed E-state index contributed by atoms with van der Waals surface area (Å²) in [6.07, 6.45) is 2.58. The van der Waals surface area contributed by atoms with Crippen molar-refractivity contribution in [2.75, 3.05) is 5.32 Å². The van der Waals surface area contributed by atoms with Crippen molar-refractivity contribution in [2.45, 2.75) is 39.2 Å². The highest BCUT2D eigenvalue weighted by atomic mass is 19.1. The van der Waals surface area contributed by atoms with Crippen LogP contribution in [0.25, 0.3) is 11.1 Å². The van der Waals surface area contributed by atoms with E-state index in [4.69, 9.17) is 4.74 Å². The van der Waals surface area contributed by atoms with Crippen molar-refractivity contribution in [3.05, 3.63) is 77.0 Å². The fourth-order valence-corrected chi connectivity index (χ4v) is 3.82. The molecule has 0 fully saturated rings.